The van der Waals surface area contributed by atoms with Crippen molar-refractivity contribution in [1.82, 2.24) is 0 Å². The molecule has 2 aromatic rings. The van der Waals surface area contributed by atoms with E-state index in [9.17, 15) is 18.0 Å². The van der Waals surface area contributed by atoms with Crippen molar-refractivity contribution in [3.63, 3.8) is 0 Å². The van der Waals surface area contributed by atoms with Crippen molar-refractivity contribution in [2.45, 2.75) is 13.8 Å². The molecule has 0 aliphatic carbocycles. The SMILES string of the molecule is CCOC(=O)c1ccc(NC(=O)CN(c2ccc(OC)c(OC)c2)S(C)(=O)=O)c(C)c1. The summed E-state index contributed by atoms with van der Waals surface area (Å²) >= 11 is 0. The largest absolute Gasteiger partial charge is 0.493 e. The highest BCUT2D eigenvalue weighted by Gasteiger charge is 2.23. The van der Waals surface area contributed by atoms with Gasteiger partial charge in [0.1, 0.15) is 6.54 Å². The van der Waals surface area contributed by atoms with Crippen LogP contribution in [0, 0.1) is 6.92 Å². The lowest BCUT2D eigenvalue weighted by atomic mass is 10.1. The van der Waals surface area contributed by atoms with Crippen LogP contribution in [0.5, 0.6) is 11.5 Å². The molecular formula is C21H26N2O7S. The molecule has 0 aromatic heterocycles. The number of benzene rings is 2. The molecule has 1 N–H and O–H groups in total. The molecular weight excluding hydrogens is 424 g/mol. The fourth-order valence-corrected chi connectivity index (χ4v) is 3.69. The zero-order chi connectivity index (χ0) is 23.2. The number of amides is 1. The second-order valence-electron chi connectivity index (χ2n) is 6.61. The van der Waals surface area contributed by atoms with E-state index in [4.69, 9.17) is 14.2 Å². The van der Waals surface area contributed by atoms with Crippen LogP contribution in [0.3, 0.4) is 0 Å². The van der Waals surface area contributed by atoms with Gasteiger partial charge in [-0.1, -0.05) is 0 Å². The number of carbonyl (C=O) groups is 2. The Bertz CT molecular complexity index is 1070. The van der Waals surface area contributed by atoms with Crippen molar-refractivity contribution in [3.8, 4) is 11.5 Å². The van der Waals surface area contributed by atoms with Gasteiger partial charge in [0.05, 0.1) is 38.3 Å². The molecule has 0 bridgehead atoms. The number of rotatable bonds is 9. The molecule has 0 unspecified atom stereocenters. The van der Waals surface area contributed by atoms with Crippen LogP contribution >= 0.6 is 0 Å². The van der Waals surface area contributed by atoms with Gasteiger partial charge in [-0.05, 0) is 49.7 Å². The summed E-state index contributed by atoms with van der Waals surface area (Å²) in [4.78, 5) is 24.5. The maximum atomic E-state index is 12.6. The minimum atomic E-state index is -3.77. The van der Waals surface area contributed by atoms with Gasteiger partial charge in [-0.3, -0.25) is 9.10 Å². The Balaban J connectivity index is 2.24. The molecule has 0 aliphatic rings. The van der Waals surface area contributed by atoms with Crippen molar-refractivity contribution in [2.75, 3.05) is 43.2 Å². The predicted octanol–water partition coefficient (Wildman–Crippen LogP) is 2.59. The van der Waals surface area contributed by atoms with Crippen LogP contribution in [0.1, 0.15) is 22.8 Å². The van der Waals surface area contributed by atoms with Crippen molar-refractivity contribution in [3.05, 3.63) is 47.5 Å². The number of nitrogens with zero attached hydrogens (tertiary/aromatic N) is 1. The summed E-state index contributed by atoms with van der Waals surface area (Å²) in [5.41, 5.74) is 1.71. The van der Waals surface area contributed by atoms with Crippen LogP contribution < -0.4 is 19.1 Å². The van der Waals surface area contributed by atoms with Crippen LogP contribution in [-0.2, 0) is 19.6 Å². The first kappa shape index (κ1) is 24.0. The third-order valence-corrected chi connectivity index (χ3v) is 5.49. The van der Waals surface area contributed by atoms with Crippen molar-refractivity contribution in [2.24, 2.45) is 0 Å². The number of anilines is 2. The molecule has 1 amide bonds. The molecule has 0 spiro atoms. The Hall–Kier alpha value is -3.27. The van der Waals surface area contributed by atoms with E-state index in [-0.39, 0.29) is 12.3 Å². The van der Waals surface area contributed by atoms with E-state index in [0.717, 1.165) is 10.6 Å². The van der Waals surface area contributed by atoms with Gasteiger partial charge in [0.15, 0.2) is 11.5 Å². The number of methoxy groups -OCH3 is 2. The van der Waals surface area contributed by atoms with E-state index in [1.807, 2.05) is 0 Å². The topological polar surface area (TPSA) is 111 Å². The van der Waals surface area contributed by atoms with Crippen LogP contribution in [0.25, 0.3) is 0 Å². The third-order valence-electron chi connectivity index (χ3n) is 4.35. The molecule has 0 fully saturated rings. The molecule has 9 nitrogen and oxygen atoms in total. The predicted molar refractivity (Wildman–Crippen MR) is 118 cm³/mol. The first-order valence-electron chi connectivity index (χ1n) is 9.38. The van der Waals surface area contributed by atoms with Gasteiger partial charge in [-0.2, -0.15) is 0 Å². The first-order chi connectivity index (χ1) is 14.6. The number of ether oxygens (including phenoxy) is 3. The van der Waals surface area contributed by atoms with E-state index < -0.39 is 28.4 Å². The van der Waals surface area contributed by atoms with E-state index in [0.29, 0.717) is 28.3 Å². The highest BCUT2D eigenvalue weighted by atomic mass is 32.2. The zero-order valence-electron chi connectivity index (χ0n) is 18.1. The summed E-state index contributed by atoms with van der Waals surface area (Å²) in [6.07, 6.45) is 1.01. The Morgan fingerprint density at radius 2 is 1.71 bits per heavy atom. The van der Waals surface area contributed by atoms with E-state index in [2.05, 4.69) is 5.32 Å². The van der Waals surface area contributed by atoms with E-state index in [1.165, 1.54) is 32.4 Å². The normalized spacial score (nSPS) is 10.9. The lowest BCUT2D eigenvalue weighted by Gasteiger charge is -2.23. The average Bonchev–Trinajstić information content (AvgIpc) is 2.72. The molecule has 0 radical (unpaired) electrons. The van der Waals surface area contributed by atoms with Gasteiger partial charge in [0.2, 0.25) is 15.9 Å². The van der Waals surface area contributed by atoms with Crippen molar-refractivity contribution >= 4 is 33.3 Å². The number of esters is 1. The van der Waals surface area contributed by atoms with Crippen LogP contribution in [0.2, 0.25) is 0 Å². The summed E-state index contributed by atoms with van der Waals surface area (Å²) in [6.45, 7) is 3.24. The summed E-state index contributed by atoms with van der Waals surface area (Å²) in [7, 11) is -0.870. The van der Waals surface area contributed by atoms with Gasteiger partial charge in [0.25, 0.3) is 0 Å². The zero-order valence-corrected chi connectivity index (χ0v) is 18.9. The van der Waals surface area contributed by atoms with Crippen molar-refractivity contribution in [1.29, 1.82) is 0 Å². The van der Waals surface area contributed by atoms with Crippen LogP contribution in [0.15, 0.2) is 36.4 Å². The molecule has 0 heterocycles. The third kappa shape index (κ3) is 6.11. The van der Waals surface area contributed by atoms with Crippen LogP contribution in [-0.4, -0.2) is 53.9 Å². The average molecular weight is 451 g/mol. The van der Waals surface area contributed by atoms with E-state index >= 15 is 0 Å². The Morgan fingerprint density at radius 1 is 1.03 bits per heavy atom. The van der Waals surface area contributed by atoms with Crippen molar-refractivity contribution < 1.29 is 32.2 Å². The summed E-state index contributed by atoms with van der Waals surface area (Å²) < 4.78 is 41.0. The second-order valence-corrected chi connectivity index (χ2v) is 8.51. The molecule has 0 atom stereocenters. The molecule has 168 valence electrons. The molecule has 0 saturated carbocycles. The number of hydrogen-bond acceptors (Lipinski definition) is 7. The molecule has 0 saturated heterocycles. The Morgan fingerprint density at radius 3 is 2.26 bits per heavy atom. The maximum absolute atomic E-state index is 12.6. The highest BCUT2D eigenvalue weighted by molar-refractivity contribution is 7.92. The van der Waals surface area contributed by atoms with Gasteiger partial charge >= 0.3 is 5.97 Å². The standard InChI is InChI=1S/C21H26N2O7S/c1-6-30-21(25)15-7-9-17(14(2)11-15)22-20(24)13-23(31(5,26)27)16-8-10-18(28-3)19(12-16)29-4/h7-12H,6,13H2,1-5H3,(H,22,24). The number of aryl methyl sites for hydroxylation is 1. The fourth-order valence-electron chi connectivity index (χ4n) is 2.85. The quantitative estimate of drug-likeness (QED) is 0.585. The molecule has 2 aromatic carbocycles. The first-order valence-corrected chi connectivity index (χ1v) is 11.2. The minimum absolute atomic E-state index is 0.254. The lowest BCUT2D eigenvalue weighted by Crippen LogP contribution is -2.37. The summed E-state index contributed by atoms with van der Waals surface area (Å²) in [5, 5.41) is 2.68. The molecule has 2 rings (SSSR count). The van der Waals surface area contributed by atoms with Gasteiger partial charge in [0, 0.05) is 11.8 Å². The number of carbonyl (C=O) groups excluding carboxylic acids is 2. The van der Waals surface area contributed by atoms with Crippen LogP contribution in [0.4, 0.5) is 11.4 Å². The number of nitrogens with one attached hydrogen (secondary N) is 1. The second kappa shape index (κ2) is 10.2. The molecule has 31 heavy (non-hydrogen) atoms. The molecule has 0 aliphatic heterocycles. The number of hydrogen-bond donors (Lipinski definition) is 1. The van der Waals surface area contributed by atoms with E-state index in [1.54, 1.807) is 32.0 Å². The fraction of sp³-hybridized carbons (Fsp3) is 0.333. The summed E-state index contributed by atoms with van der Waals surface area (Å²) in [5.74, 6) is -0.242. The summed E-state index contributed by atoms with van der Waals surface area (Å²) in [6, 6.07) is 9.25. The Kier molecular flexibility index (Phi) is 7.87. The van der Waals surface area contributed by atoms with Gasteiger partial charge < -0.3 is 19.5 Å². The minimum Gasteiger partial charge on any atom is -0.493 e. The maximum Gasteiger partial charge on any atom is 0.338 e. The Labute approximate surface area is 182 Å². The van der Waals surface area contributed by atoms with Gasteiger partial charge in [-0.15, -0.1) is 0 Å². The number of sulfonamides is 1. The molecule has 10 heteroatoms. The highest BCUT2D eigenvalue weighted by Crippen LogP contribution is 2.32. The monoisotopic (exact) mass is 450 g/mol. The smallest absolute Gasteiger partial charge is 0.338 e. The van der Waals surface area contributed by atoms with Gasteiger partial charge in [-0.25, -0.2) is 13.2 Å². The lowest BCUT2D eigenvalue weighted by molar-refractivity contribution is -0.114.